The van der Waals surface area contributed by atoms with Crippen molar-refractivity contribution in [1.82, 2.24) is 0 Å². The minimum atomic E-state index is -3.56. The zero-order valence-electron chi connectivity index (χ0n) is 17.3. The van der Waals surface area contributed by atoms with Crippen molar-refractivity contribution in [1.29, 1.82) is 0 Å². The smallest absolute Gasteiger partial charge is 0.258 e. The number of halogens is 1. The van der Waals surface area contributed by atoms with Crippen molar-refractivity contribution in [2.24, 2.45) is 0 Å². The second kappa shape index (κ2) is 8.36. The lowest BCUT2D eigenvalue weighted by atomic mass is 9.90. The molecule has 0 fully saturated rings. The molecule has 1 aliphatic heterocycles. The van der Waals surface area contributed by atoms with Gasteiger partial charge in [0, 0.05) is 22.3 Å². The van der Waals surface area contributed by atoms with Gasteiger partial charge in [-0.25, -0.2) is 8.42 Å². The van der Waals surface area contributed by atoms with Crippen molar-refractivity contribution in [3.8, 4) is 0 Å². The molecular formula is C24H23ClN2O3S. The lowest BCUT2D eigenvalue weighted by molar-refractivity contribution is 0.0974. The number of hydrogen-bond donors (Lipinski definition) is 0. The Balaban J connectivity index is 1.81. The standard InChI is InChI=1S/C24H23ClN2O3S/c1-17-16-23(27(31(2,29)30)20-8-4-3-5-9-20)21-10-6-7-11-22(21)26(17)24(28)18-12-14-19(25)15-13-18/h3-15,17,23H,16H2,1-2H3/t17-,23-/m1/s1. The summed E-state index contributed by atoms with van der Waals surface area (Å²) in [5.41, 5.74) is 2.66. The molecule has 1 heterocycles. The highest BCUT2D eigenvalue weighted by atomic mass is 35.5. The Morgan fingerprint density at radius 2 is 1.58 bits per heavy atom. The van der Waals surface area contributed by atoms with E-state index in [0.29, 0.717) is 22.7 Å². The minimum Gasteiger partial charge on any atom is -0.305 e. The van der Waals surface area contributed by atoms with E-state index in [0.717, 1.165) is 11.3 Å². The van der Waals surface area contributed by atoms with Gasteiger partial charge in [-0.05, 0) is 61.4 Å². The van der Waals surface area contributed by atoms with E-state index in [1.807, 2.05) is 49.4 Å². The van der Waals surface area contributed by atoms with Crippen molar-refractivity contribution in [3.05, 3.63) is 95.0 Å². The fourth-order valence-corrected chi connectivity index (χ4v) is 5.51. The quantitative estimate of drug-likeness (QED) is 0.538. The molecule has 0 N–H and O–H groups in total. The maximum absolute atomic E-state index is 13.4. The van der Waals surface area contributed by atoms with Crippen molar-refractivity contribution in [2.75, 3.05) is 15.5 Å². The molecule has 3 aromatic rings. The van der Waals surface area contributed by atoms with Crippen LogP contribution in [0.25, 0.3) is 0 Å². The number of hydrogen-bond acceptors (Lipinski definition) is 3. The van der Waals surface area contributed by atoms with E-state index in [1.165, 1.54) is 10.6 Å². The van der Waals surface area contributed by atoms with Gasteiger partial charge >= 0.3 is 0 Å². The van der Waals surface area contributed by atoms with Crippen LogP contribution < -0.4 is 9.21 Å². The fourth-order valence-electron chi connectivity index (χ4n) is 4.22. The molecule has 3 aromatic carbocycles. The molecule has 0 spiro atoms. The van der Waals surface area contributed by atoms with E-state index in [1.54, 1.807) is 41.3 Å². The number of amides is 1. The van der Waals surface area contributed by atoms with Crippen LogP contribution >= 0.6 is 11.6 Å². The first kappa shape index (κ1) is 21.4. The highest BCUT2D eigenvalue weighted by Gasteiger charge is 2.39. The summed E-state index contributed by atoms with van der Waals surface area (Å²) in [5, 5.41) is 0.565. The molecule has 0 bridgehead atoms. The molecule has 1 aliphatic rings. The molecule has 0 saturated carbocycles. The van der Waals surface area contributed by atoms with E-state index >= 15 is 0 Å². The molecule has 31 heavy (non-hydrogen) atoms. The first-order valence-corrected chi connectivity index (χ1v) is 12.2. The Hall–Kier alpha value is -2.83. The van der Waals surface area contributed by atoms with E-state index in [2.05, 4.69) is 0 Å². The van der Waals surface area contributed by atoms with Crippen LogP contribution in [0.4, 0.5) is 11.4 Å². The van der Waals surface area contributed by atoms with Crippen molar-refractivity contribution >= 4 is 38.9 Å². The number of anilines is 2. The topological polar surface area (TPSA) is 57.7 Å². The van der Waals surface area contributed by atoms with Crippen LogP contribution in [-0.4, -0.2) is 26.6 Å². The van der Waals surface area contributed by atoms with Gasteiger partial charge in [0.2, 0.25) is 10.0 Å². The molecule has 0 aromatic heterocycles. The molecule has 160 valence electrons. The number of carbonyl (C=O) groups excluding carboxylic acids is 1. The van der Waals surface area contributed by atoms with Crippen LogP contribution in [0.3, 0.4) is 0 Å². The van der Waals surface area contributed by atoms with Crippen molar-refractivity contribution in [2.45, 2.75) is 25.4 Å². The molecule has 0 radical (unpaired) electrons. The summed E-state index contributed by atoms with van der Waals surface area (Å²) >= 11 is 5.98. The zero-order valence-corrected chi connectivity index (χ0v) is 18.8. The van der Waals surface area contributed by atoms with E-state index < -0.39 is 16.1 Å². The molecule has 0 unspecified atom stereocenters. The predicted octanol–water partition coefficient (Wildman–Crippen LogP) is 5.29. The number of rotatable bonds is 4. The van der Waals surface area contributed by atoms with Gasteiger partial charge in [0.1, 0.15) is 0 Å². The molecule has 0 saturated heterocycles. The van der Waals surface area contributed by atoms with Crippen molar-refractivity contribution < 1.29 is 13.2 Å². The van der Waals surface area contributed by atoms with Gasteiger partial charge in [-0.1, -0.05) is 48.0 Å². The van der Waals surface area contributed by atoms with Gasteiger partial charge in [0.15, 0.2) is 0 Å². The Morgan fingerprint density at radius 1 is 0.968 bits per heavy atom. The van der Waals surface area contributed by atoms with Gasteiger partial charge in [-0.15, -0.1) is 0 Å². The van der Waals surface area contributed by atoms with Crippen LogP contribution in [-0.2, 0) is 10.0 Å². The summed E-state index contributed by atoms with van der Waals surface area (Å²) in [5.74, 6) is -0.138. The van der Waals surface area contributed by atoms with E-state index in [4.69, 9.17) is 11.6 Å². The third-order valence-electron chi connectivity index (χ3n) is 5.52. The van der Waals surface area contributed by atoms with Crippen LogP contribution in [0.15, 0.2) is 78.9 Å². The van der Waals surface area contributed by atoms with Gasteiger partial charge < -0.3 is 4.90 Å². The molecular weight excluding hydrogens is 432 g/mol. The Kier molecular flexibility index (Phi) is 5.77. The normalized spacial score (nSPS) is 18.4. The second-order valence-electron chi connectivity index (χ2n) is 7.74. The SMILES string of the molecule is C[C@@H]1C[C@@H](N(c2ccccc2)S(C)(=O)=O)c2ccccc2N1C(=O)c1ccc(Cl)cc1. The maximum atomic E-state index is 13.4. The molecule has 7 heteroatoms. The number of benzene rings is 3. The van der Waals surface area contributed by atoms with E-state index in [9.17, 15) is 13.2 Å². The van der Waals surface area contributed by atoms with Crippen molar-refractivity contribution in [3.63, 3.8) is 0 Å². The van der Waals surface area contributed by atoms with Gasteiger partial charge in [0.05, 0.1) is 18.0 Å². The minimum absolute atomic E-state index is 0.138. The van der Waals surface area contributed by atoms with Gasteiger partial charge in [-0.2, -0.15) is 0 Å². The molecule has 1 amide bonds. The van der Waals surface area contributed by atoms with Crippen LogP contribution in [0.2, 0.25) is 5.02 Å². The summed E-state index contributed by atoms with van der Waals surface area (Å²) < 4.78 is 27.2. The molecule has 2 atom stereocenters. The average molecular weight is 455 g/mol. The van der Waals surface area contributed by atoms with E-state index in [-0.39, 0.29) is 11.9 Å². The number of para-hydroxylation sites is 2. The highest BCUT2D eigenvalue weighted by molar-refractivity contribution is 7.92. The van der Waals surface area contributed by atoms with Crippen LogP contribution in [0.5, 0.6) is 0 Å². The zero-order chi connectivity index (χ0) is 22.2. The Labute approximate surface area is 187 Å². The third kappa shape index (κ3) is 4.18. The lowest BCUT2D eigenvalue weighted by Gasteiger charge is -2.43. The van der Waals surface area contributed by atoms with Gasteiger partial charge in [0.25, 0.3) is 5.91 Å². The Bertz CT molecular complexity index is 1200. The fraction of sp³-hybridized carbons (Fsp3) is 0.208. The summed E-state index contributed by atoms with van der Waals surface area (Å²) in [6, 6.07) is 22.8. The monoisotopic (exact) mass is 454 g/mol. The second-order valence-corrected chi connectivity index (χ2v) is 10.0. The maximum Gasteiger partial charge on any atom is 0.258 e. The number of nitrogens with zero attached hydrogens (tertiary/aromatic N) is 2. The summed E-state index contributed by atoms with van der Waals surface area (Å²) in [6.45, 7) is 1.95. The first-order valence-electron chi connectivity index (χ1n) is 10.00. The number of sulfonamides is 1. The number of carbonyl (C=O) groups is 1. The Morgan fingerprint density at radius 3 is 2.23 bits per heavy atom. The first-order chi connectivity index (χ1) is 14.8. The third-order valence-corrected chi connectivity index (χ3v) is 6.95. The molecule has 4 rings (SSSR count). The number of fused-ring (bicyclic) bond motifs is 1. The lowest BCUT2D eigenvalue weighted by Crippen LogP contribution is -2.47. The average Bonchev–Trinajstić information content (AvgIpc) is 2.74. The summed E-state index contributed by atoms with van der Waals surface area (Å²) in [4.78, 5) is 15.1. The summed E-state index contributed by atoms with van der Waals surface area (Å²) in [7, 11) is -3.56. The summed E-state index contributed by atoms with van der Waals surface area (Å²) in [6.07, 6.45) is 1.69. The predicted molar refractivity (Wildman–Crippen MR) is 125 cm³/mol. The highest BCUT2D eigenvalue weighted by Crippen LogP contribution is 2.43. The van der Waals surface area contributed by atoms with Crippen LogP contribution in [0, 0.1) is 0 Å². The largest absolute Gasteiger partial charge is 0.305 e. The molecule has 5 nitrogen and oxygen atoms in total. The van der Waals surface area contributed by atoms with Gasteiger partial charge in [-0.3, -0.25) is 9.10 Å². The molecule has 0 aliphatic carbocycles. The van der Waals surface area contributed by atoms with Crippen LogP contribution in [0.1, 0.15) is 35.3 Å².